The molecule has 0 aromatic carbocycles. The Morgan fingerprint density at radius 1 is 1.29 bits per heavy atom. The third-order valence-corrected chi connectivity index (χ3v) is 2.82. The van der Waals surface area contributed by atoms with E-state index in [0.717, 1.165) is 0 Å². The van der Waals surface area contributed by atoms with Crippen molar-refractivity contribution in [2.75, 3.05) is 17.2 Å². The lowest BCUT2D eigenvalue weighted by Gasteiger charge is -2.05. The monoisotopic (exact) mass is 258 g/mol. The predicted octanol–water partition coefficient (Wildman–Crippen LogP) is -0.929. The van der Waals surface area contributed by atoms with E-state index in [1.807, 2.05) is 0 Å². The van der Waals surface area contributed by atoms with Gasteiger partial charge in [0.05, 0.1) is 5.75 Å². The Hall–Kier alpha value is -1.61. The van der Waals surface area contributed by atoms with Crippen molar-refractivity contribution in [3.63, 3.8) is 0 Å². The van der Waals surface area contributed by atoms with Crippen molar-refractivity contribution in [1.82, 2.24) is 15.0 Å². The van der Waals surface area contributed by atoms with Crippen LogP contribution in [0.5, 0.6) is 0 Å². The van der Waals surface area contributed by atoms with E-state index in [4.69, 9.17) is 22.3 Å². The van der Waals surface area contributed by atoms with Crippen LogP contribution in [0.1, 0.15) is 12.2 Å². The van der Waals surface area contributed by atoms with Crippen LogP contribution in [0, 0.1) is 0 Å². The Bertz CT molecular complexity index is 381. The van der Waals surface area contributed by atoms with Gasteiger partial charge in [0.1, 0.15) is 11.9 Å². The number of carbonyl (C=O) groups is 1. The Morgan fingerprint density at radius 3 is 2.41 bits per heavy atom. The number of aromatic nitrogens is 3. The van der Waals surface area contributed by atoms with E-state index in [1.165, 1.54) is 11.8 Å². The third-order valence-electron chi connectivity index (χ3n) is 1.84. The average Bonchev–Trinajstić information content (AvgIpc) is 2.22. The molecule has 1 aromatic rings. The van der Waals surface area contributed by atoms with Gasteiger partial charge in [0, 0.05) is 0 Å². The van der Waals surface area contributed by atoms with Crippen LogP contribution in [-0.2, 0) is 10.5 Å². The van der Waals surface area contributed by atoms with Crippen molar-refractivity contribution in [2.45, 2.75) is 18.2 Å². The van der Waals surface area contributed by atoms with Gasteiger partial charge >= 0.3 is 5.97 Å². The van der Waals surface area contributed by atoms with Gasteiger partial charge in [-0.25, -0.2) is 0 Å². The van der Waals surface area contributed by atoms with E-state index < -0.39 is 12.0 Å². The molecule has 1 aromatic heterocycles. The Kier molecular flexibility index (Phi) is 4.91. The standard InChI is InChI=1S/C8H14N6O2S/c9-4(6(15)16)1-2-17-3-5-12-7(10)14-8(11)13-5/h4H,1-3,9H2,(H,15,16)(H4,10,11,12,13,14). The molecule has 9 heteroatoms. The molecule has 1 heterocycles. The first-order chi connectivity index (χ1) is 7.99. The summed E-state index contributed by atoms with van der Waals surface area (Å²) in [6, 6.07) is -0.837. The molecule has 94 valence electrons. The van der Waals surface area contributed by atoms with Gasteiger partial charge in [0.2, 0.25) is 11.9 Å². The van der Waals surface area contributed by atoms with Gasteiger partial charge in [-0.2, -0.15) is 26.7 Å². The minimum atomic E-state index is -1.00. The SMILES string of the molecule is Nc1nc(N)nc(CSCCC(N)C(=O)O)n1. The van der Waals surface area contributed by atoms with Crippen LogP contribution in [0.4, 0.5) is 11.9 Å². The second kappa shape index (κ2) is 6.21. The van der Waals surface area contributed by atoms with E-state index in [0.29, 0.717) is 23.8 Å². The lowest BCUT2D eigenvalue weighted by atomic mass is 10.2. The number of nitrogens with zero attached hydrogens (tertiary/aromatic N) is 3. The molecule has 0 aliphatic carbocycles. The maximum absolute atomic E-state index is 10.5. The number of carboxylic acids is 1. The van der Waals surface area contributed by atoms with E-state index >= 15 is 0 Å². The van der Waals surface area contributed by atoms with E-state index in [1.54, 1.807) is 0 Å². The normalized spacial score (nSPS) is 12.3. The molecule has 1 unspecified atom stereocenters. The third kappa shape index (κ3) is 4.83. The fourth-order valence-electron chi connectivity index (χ4n) is 1.02. The number of nitrogen functional groups attached to an aromatic ring is 2. The number of aliphatic carboxylic acids is 1. The molecule has 0 bridgehead atoms. The van der Waals surface area contributed by atoms with Gasteiger partial charge in [0.15, 0.2) is 0 Å². The second-order valence-electron chi connectivity index (χ2n) is 3.25. The van der Waals surface area contributed by atoms with E-state index in [-0.39, 0.29) is 11.9 Å². The topological polar surface area (TPSA) is 154 Å². The fraction of sp³-hybridized carbons (Fsp3) is 0.500. The number of nitrogens with two attached hydrogens (primary N) is 3. The summed E-state index contributed by atoms with van der Waals surface area (Å²) in [4.78, 5) is 21.9. The lowest BCUT2D eigenvalue weighted by molar-refractivity contribution is -0.138. The fourth-order valence-corrected chi connectivity index (χ4v) is 1.90. The van der Waals surface area contributed by atoms with Crippen molar-refractivity contribution in [3.8, 4) is 0 Å². The zero-order valence-electron chi connectivity index (χ0n) is 9.04. The van der Waals surface area contributed by atoms with Crippen LogP contribution in [0.3, 0.4) is 0 Å². The zero-order valence-corrected chi connectivity index (χ0v) is 9.85. The first-order valence-electron chi connectivity index (χ1n) is 4.81. The molecular formula is C8H14N6O2S. The molecule has 0 aliphatic rings. The highest BCUT2D eigenvalue weighted by Gasteiger charge is 2.10. The molecule has 17 heavy (non-hydrogen) atoms. The minimum Gasteiger partial charge on any atom is -0.480 e. The van der Waals surface area contributed by atoms with Crippen LogP contribution in [-0.4, -0.2) is 37.8 Å². The number of hydrogen-bond donors (Lipinski definition) is 4. The maximum atomic E-state index is 10.5. The van der Waals surface area contributed by atoms with Crippen molar-refractivity contribution in [3.05, 3.63) is 5.82 Å². The molecule has 0 saturated carbocycles. The quantitative estimate of drug-likeness (QED) is 0.473. The second-order valence-corrected chi connectivity index (χ2v) is 4.36. The van der Waals surface area contributed by atoms with Crippen molar-refractivity contribution in [2.24, 2.45) is 5.73 Å². The average molecular weight is 258 g/mol. The van der Waals surface area contributed by atoms with Crippen LogP contribution < -0.4 is 17.2 Å². The van der Waals surface area contributed by atoms with Crippen molar-refractivity contribution in [1.29, 1.82) is 0 Å². The molecule has 7 N–H and O–H groups in total. The Labute approximate surface area is 102 Å². The largest absolute Gasteiger partial charge is 0.480 e. The molecule has 0 amide bonds. The van der Waals surface area contributed by atoms with E-state index in [2.05, 4.69) is 15.0 Å². The van der Waals surface area contributed by atoms with Gasteiger partial charge < -0.3 is 22.3 Å². The summed E-state index contributed by atoms with van der Waals surface area (Å²) >= 11 is 1.46. The van der Waals surface area contributed by atoms with Crippen LogP contribution in [0.2, 0.25) is 0 Å². The highest BCUT2D eigenvalue weighted by molar-refractivity contribution is 7.98. The predicted molar refractivity (Wildman–Crippen MR) is 65.0 cm³/mol. The maximum Gasteiger partial charge on any atom is 0.320 e. The summed E-state index contributed by atoms with van der Waals surface area (Å²) in [5.41, 5.74) is 16.2. The first kappa shape index (κ1) is 13.5. The summed E-state index contributed by atoms with van der Waals surface area (Å²) in [7, 11) is 0. The molecule has 0 aliphatic heterocycles. The van der Waals surface area contributed by atoms with Crippen LogP contribution in [0.15, 0.2) is 0 Å². The molecule has 0 fully saturated rings. The van der Waals surface area contributed by atoms with Gasteiger partial charge in [-0.3, -0.25) is 4.79 Å². The summed E-state index contributed by atoms with van der Waals surface area (Å²) in [6.07, 6.45) is 0.385. The highest BCUT2D eigenvalue weighted by atomic mass is 32.2. The van der Waals surface area contributed by atoms with Gasteiger partial charge in [0.25, 0.3) is 0 Å². The number of carboxylic acid groups (broad SMARTS) is 1. The molecule has 1 atom stereocenters. The van der Waals surface area contributed by atoms with Crippen LogP contribution in [0.25, 0.3) is 0 Å². The molecule has 0 saturated heterocycles. The summed E-state index contributed by atoms with van der Waals surface area (Å²) in [5.74, 6) is 0.719. The molecule has 0 spiro atoms. The zero-order chi connectivity index (χ0) is 12.8. The Morgan fingerprint density at radius 2 is 1.88 bits per heavy atom. The number of hydrogen-bond acceptors (Lipinski definition) is 8. The van der Waals surface area contributed by atoms with E-state index in [9.17, 15) is 4.79 Å². The minimum absolute atomic E-state index is 0.0790. The number of anilines is 2. The summed E-state index contributed by atoms with van der Waals surface area (Å²) in [6.45, 7) is 0. The smallest absolute Gasteiger partial charge is 0.320 e. The Balaban J connectivity index is 2.33. The number of thioether (sulfide) groups is 1. The summed E-state index contributed by atoms with van der Waals surface area (Å²) in [5, 5.41) is 8.57. The summed E-state index contributed by atoms with van der Waals surface area (Å²) < 4.78 is 0. The molecule has 8 nitrogen and oxygen atoms in total. The lowest BCUT2D eigenvalue weighted by Crippen LogP contribution is -2.30. The highest BCUT2D eigenvalue weighted by Crippen LogP contribution is 2.11. The van der Waals surface area contributed by atoms with Crippen LogP contribution >= 0.6 is 11.8 Å². The van der Waals surface area contributed by atoms with Crippen molar-refractivity contribution >= 4 is 29.6 Å². The number of rotatable bonds is 6. The molecular weight excluding hydrogens is 244 g/mol. The van der Waals surface area contributed by atoms with Gasteiger partial charge in [-0.1, -0.05) is 0 Å². The first-order valence-corrected chi connectivity index (χ1v) is 5.96. The molecule has 0 radical (unpaired) electrons. The molecule has 1 rings (SSSR count). The van der Waals surface area contributed by atoms with Gasteiger partial charge in [-0.05, 0) is 12.2 Å². The van der Waals surface area contributed by atoms with Crippen molar-refractivity contribution < 1.29 is 9.90 Å². The van der Waals surface area contributed by atoms with Gasteiger partial charge in [-0.15, -0.1) is 0 Å².